The van der Waals surface area contributed by atoms with Gasteiger partial charge in [-0.1, -0.05) is 12.1 Å². The first kappa shape index (κ1) is 13.8. The van der Waals surface area contributed by atoms with Gasteiger partial charge < -0.3 is 4.42 Å². The van der Waals surface area contributed by atoms with Crippen LogP contribution in [0.3, 0.4) is 0 Å². The number of ketones is 1. The van der Waals surface area contributed by atoms with Gasteiger partial charge in [-0.2, -0.15) is 10.4 Å². The summed E-state index contributed by atoms with van der Waals surface area (Å²) >= 11 is 0. The van der Waals surface area contributed by atoms with E-state index in [9.17, 15) is 10.1 Å². The van der Waals surface area contributed by atoms with Gasteiger partial charge in [-0.15, -0.1) is 0 Å². The fourth-order valence-corrected chi connectivity index (χ4v) is 2.05. The lowest BCUT2D eigenvalue weighted by Crippen LogP contribution is -2.08. The van der Waals surface area contributed by atoms with E-state index in [0.29, 0.717) is 11.1 Å². The molecule has 3 rings (SSSR count). The third kappa shape index (κ3) is 2.65. The number of nitrogens with zero attached hydrogens (tertiary/aromatic N) is 4. The summed E-state index contributed by atoms with van der Waals surface area (Å²) in [4.78, 5) is 16.4. The maximum absolute atomic E-state index is 12.2. The molecule has 0 aliphatic heterocycles. The average molecular weight is 292 g/mol. The number of carbonyl (C=O) groups excluding carboxylic acids is 1. The molecule has 3 aromatic rings. The van der Waals surface area contributed by atoms with Crippen LogP contribution in [0, 0.1) is 11.3 Å². The summed E-state index contributed by atoms with van der Waals surface area (Å²) < 4.78 is 7.13. The highest BCUT2D eigenvalue weighted by molar-refractivity contribution is 6.00. The first-order chi connectivity index (χ1) is 10.7. The van der Waals surface area contributed by atoms with Gasteiger partial charge in [-0.3, -0.25) is 9.48 Å². The monoisotopic (exact) mass is 292 g/mol. The molecule has 0 aliphatic rings. The number of hydrogen-bond acceptors (Lipinski definition) is 5. The van der Waals surface area contributed by atoms with Crippen LogP contribution in [0.5, 0.6) is 0 Å². The van der Waals surface area contributed by atoms with E-state index >= 15 is 0 Å². The second-order valence-electron chi connectivity index (χ2n) is 4.76. The minimum atomic E-state index is -1.06. The maximum Gasteiger partial charge on any atom is 0.220 e. The smallest absolute Gasteiger partial charge is 0.220 e. The predicted molar refractivity (Wildman–Crippen MR) is 79.6 cm³/mol. The van der Waals surface area contributed by atoms with Gasteiger partial charge in [0.2, 0.25) is 5.89 Å². The largest absolute Gasteiger partial charge is 0.439 e. The molecular weight excluding hydrogens is 280 g/mol. The van der Waals surface area contributed by atoms with Gasteiger partial charge in [0.05, 0.1) is 12.3 Å². The SMILES string of the molecule is Cn1cc(/C=C\C(=O)[C@H](C#N)c2nc3ccccc3o2)cn1. The molecule has 0 bridgehead atoms. The molecule has 0 N–H and O–H groups in total. The van der Waals surface area contributed by atoms with Crippen LogP contribution in [0.4, 0.5) is 0 Å². The summed E-state index contributed by atoms with van der Waals surface area (Å²) in [5.41, 5.74) is 1.97. The zero-order valence-corrected chi connectivity index (χ0v) is 11.8. The molecule has 0 saturated carbocycles. The Kier molecular flexibility index (Phi) is 3.54. The summed E-state index contributed by atoms with van der Waals surface area (Å²) in [7, 11) is 1.79. The van der Waals surface area contributed by atoms with E-state index in [0.717, 1.165) is 5.56 Å². The molecule has 0 saturated heterocycles. The zero-order valence-electron chi connectivity index (χ0n) is 11.8. The van der Waals surface area contributed by atoms with E-state index in [4.69, 9.17) is 4.42 Å². The summed E-state index contributed by atoms with van der Waals surface area (Å²) in [6, 6.07) is 9.09. The van der Waals surface area contributed by atoms with Crippen molar-refractivity contribution in [2.24, 2.45) is 7.05 Å². The van der Waals surface area contributed by atoms with Crippen molar-refractivity contribution >= 4 is 23.0 Å². The van der Waals surface area contributed by atoms with Crippen LogP contribution < -0.4 is 0 Å². The molecule has 2 aromatic heterocycles. The Morgan fingerprint density at radius 3 is 2.95 bits per heavy atom. The van der Waals surface area contributed by atoms with E-state index in [1.165, 1.54) is 6.08 Å². The lowest BCUT2D eigenvalue weighted by Gasteiger charge is -1.98. The molecule has 0 amide bonds. The minimum Gasteiger partial charge on any atom is -0.439 e. The fourth-order valence-electron chi connectivity index (χ4n) is 2.05. The number of aryl methyl sites for hydroxylation is 1. The Labute approximate surface area is 126 Å². The standard InChI is InChI=1S/C16H12N4O2/c1-20-10-11(9-18-20)6-7-14(21)12(8-17)16-19-13-4-2-3-5-15(13)22-16/h2-7,9-10,12H,1H3/b7-6-/t12-/m0/s1. The number of hydrogen-bond donors (Lipinski definition) is 0. The molecule has 6 nitrogen and oxygen atoms in total. The molecule has 0 fully saturated rings. The molecule has 6 heteroatoms. The van der Waals surface area contributed by atoms with Gasteiger partial charge in [0.25, 0.3) is 0 Å². The van der Waals surface area contributed by atoms with Crippen molar-refractivity contribution in [2.45, 2.75) is 5.92 Å². The Bertz CT molecular complexity index is 865. The van der Waals surface area contributed by atoms with Gasteiger partial charge in [0.15, 0.2) is 17.3 Å². The summed E-state index contributed by atoms with van der Waals surface area (Å²) in [6.45, 7) is 0. The lowest BCUT2D eigenvalue weighted by molar-refractivity contribution is -0.115. The van der Waals surface area contributed by atoms with E-state index in [-0.39, 0.29) is 11.7 Å². The quantitative estimate of drug-likeness (QED) is 0.689. The Balaban J connectivity index is 1.85. The highest BCUT2D eigenvalue weighted by atomic mass is 16.3. The molecule has 1 atom stereocenters. The van der Waals surface area contributed by atoms with Crippen molar-refractivity contribution in [2.75, 3.05) is 0 Å². The van der Waals surface area contributed by atoms with Crippen molar-refractivity contribution in [3.63, 3.8) is 0 Å². The van der Waals surface area contributed by atoms with Crippen molar-refractivity contribution < 1.29 is 9.21 Å². The van der Waals surface area contributed by atoms with Crippen LogP contribution in [-0.2, 0) is 11.8 Å². The number of nitriles is 1. The molecule has 2 heterocycles. The fraction of sp³-hybridized carbons (Fsp3) is 0.125. The second-order valence-corrected chi connectivity index (χ2v) is 4.76. The first-order valence-corrected chi connectivity index (χ1v) is 6.63. The summed E-state index contributed by atoms with van der Waals surface area (Å²) in [5.74, 6) is -1.32. The van der Waals surface area contributed by atoms with Crippen LogP contribution in [-0.4, -0.2) is 20.5 Å². The molecule has 0 aliphatic carbocycles. The number of oxazole rings is 1. The Morgan fingerprint density at radius 2 is 2.27 bits per heavy atom. The van der Waals surface area contributed by atoms with E-state index in [2.05, 4.69) is 10.1 Å². The Hall–Kier alpha value is -3.20. The topological polar surface area (TPSA) is 84.7 Å². The van der Waals surface area contributed by atoms with Crippen LogP contribution in [0.1, 0.15) is 17.4 Å². The van der Waals surface area contributed by atoms with Gasteiger partial charge in [-0.05, 0) is 24.3 Å². The van der Waals surface area contributed by atoms with Crippen molar-refractivity contribution in [3.8, 4) is 6.07 Å². The van der Waals surface area contributed by atoms with Gasteiger partial charge in [-0.25, -0.2) is 4.98 Å². The molecule has 0 radical (unpaired) electrons. The summed E-state index contributed by atoms with van der Waals surface area (Å²) in [5, 5.41) is 13.3. The molecular formula is C16H12N4O2. The first-order valence-electron chi connectivity index (χ1n) is 6.63. The molecule has 108 valence electrons. The number of rotatable bonds is 4. The number of para-hydroxylation sites is 2. The van der Waals surface area contributed by atoms with Crippen LogP contribution >= 0.6 is 0 Å². The van der Waals surface area contributed by atoms with Gasteiger partial charge in [0.1, 0.15) is 5.52 Å². The van der Waals surface area contributed by atoms with Gasteiger partial charge in [0, 0.05) is 18.8 Å². The minimum absolute atomic E-state index is 0.115. The van der Waals surface area contributed by atoms with Crippen molar-refractivity contribution in [3.05, 3.63) is 54.2 Å². The van der Waals surface area contributed by atoms with E-state index in [1.807, 2.05) is 18.2 Å². The van der Waals surface area contributed by atoms with Crippen LogP contribution in [0.15, 0.2) is 47.2 Å². The van der Waals surface area contributed by atoms with E-state index < -0.39 is 5.92 Å². The lowest BCUT2D eigenvalue weighted by atomic mass is 10.1. The highest BCUT2D eigenvalue weighted by Gasteiger charge is 2.23. The molecule has 1 aromatic carbocycles. The normalized spacial score (nSPS) is 12.5. The number of aromatic nitrogens is 3. The predicted octanol–water partition coefficient (Wildman–Crippen LogP) is 2.45. The van der Waals surface area contributed by atoms with E-state index in [1.54, 1.807) is 42.3 Å². The third-order valence-electron chi connectivity index (χ3n) is 3.14. The van der Waals surface area contributed by atoms with Crippen molar-refractivity contribution in [1.82, 2.24) is 14.8 Å². The number of carbonyl (C=O) groups is 1. The maximum atomic E-state index is 12.2. The zero-order chi connectivity index (χ0) is 15.5. The molecule has 0 unspecified atom stereocenters. The molecule has 0 spiro atoms. The van der Waals surface area contributed by atoms with Crippen LogP contribution in [0.25, 0.3) is 17.2 Å². The third-order valence-corrected chi connectivity index (χ3v) is 3.14. The van der Waals surface area contributed by atoms with Crippen molar-refractivity contribution in [1.29, 1.82) is 5.26 Å². The number of allylic oxidation sites excluding steroid dienone is 1. The highest BCUT2D eigenvalue weighted by Crippen LogP contribution is 2.22. The summed E-state index contributed by atoms with van der Waals surface area (Å²) in [6.07, 6.45) is 6.36. The number of fused-ring (bicyclic) bond motifs is 1. The average Bonchev–Trinajstić information content (AvgIpc) is 3.11. The molecule has 22 heavy (non-hydrogen) atoms. The Morgan fingerprint density at radius 1 is 1.45 bits per heavy atom. The van der Waals surface area contributed by atoms with Crippen LogP contribution in [0.2, 0.25) is 0 Å². The van der Waals surface area contributed by atoms with Gasteiger partial charge >= 0.3 is 0 Å². The second kappa shape index (κ2) is 5.66. The number of benzene rings is 1.